The van der Waals surface area contributed by atoms with E-state index in [0.717, 1.165) is 52.2 Å². The van der Waals surface area contributed by atoms with Crippen LogP contribution in [0.1, 0.15) is 29.5 Å². The van der Waals surface area contributed by atoms with Gasteiger partial charge in [0.2, 0.25) is 5.91 Å². The average Bonchev–Trinajstić information content (AvgIpc) is 2.68. The van der Waals surface area contributed by atoms with Crippen LogP contribution in [0, 0.1) is 19.8 Å². The molecule has 1 aromatic rings. The molecule has 0 aromatic heterocycles. The number of piperidine rings is 1. The van der Waals surface area contributed by atoms with Gasteiger partial charge in [0.15, 0.2) is 0 Å². The summed E-state index contributed by atoms with van der Waals surface area (Å²) in [7, 11) is 4.16. The standard InChI is InChI=1S/C23H35N3O2/c1-18-15-21(24(3)4)16-19(2)22(18)6-5-20-7-9-26(10-8-20)23(27)17-25-11-13-28-14-12-25/h5-6,15-16,20H,7-14,17H2,1-4H3/b6-5+. The molecule has 0 unspecified atom stereocenters. The molecule has 2 aliphatic heterocycles. The average molecular weight is 386 g/mol. The van der Waals surface area contributed by atoms with Gasteiger partial charge in [0.1, 0.15) is 0 Å². The molecule has 0 atom stereocenters. The topological polar surface area (TPSA) is 36.0 Å². The molecule has 28 heavy (non-hydrogen) atoms. The van der Waals surface area contributed by atoms with Crippen LogP contribution < -0.4 is 4.90 Å². The lowest BCUT2D eigenvalue weighted by molar-refractivity contribution is -0.134. The number of nitrogens with zero attached hydrogens (tertiary/aromatic N) is 3. The lowest BCUT2D eigenvalue weighted by Gasteiger charge is -2.33. The summed E-state index contributed by atoms with van der Waals surface area (Å²) < 4.78 is 5.36. The fourth-order valence-electron chi connectivity index (χ4n) is 4.10. The number of likely N-dealkylation sites (tertiary alicyclic amines) is 1. The Kier molecular flexibility index (Phi) is 7.13. The Morgan fingerprint density at radius 2 is 1.71 bits per heavy atom. The molecule has 2 saturated heterocycles. The van der Waals surface area contributed by atoms with E-state index >= 15 is 0 Å². The van der Waals surface area contributed by atoms with Crippen molar-refractivity contribution in [2.45, 2.75) is 26.7 Å². The molecule has 1 aromatic carbocycles. The van der Waals surface area contributed by atoms with Crippen LogP contribution in [0.15, 0.2) is 18.2 Å². The summed E-state index contributed by atoms with van der Waals surface area (Å²) in [6.07, 6.45) is 6.76. The van der Waals surface area contributed by atoms with E-state index in [1.807, 2.05) is 4.90 Å². The number of hydrogen-bond donors (Lipinski definition) is 0. The molecule has 3 rings (SSSR count). The molecular weight excluding hydrogens is 350 g/mol. The van der Waals surface area contributed by atoms with E-state index in [2.05, 4.69) is 62.0 Å². The maximum absolute atomic E-state index is 12.6. The maximum atomic E-state index is 12.6. The van der Waals surface area contributed by atoms with Crippen LogP contribution in [-0.4, -0.2) is 75.7 Å². The highest BCUT2D eigenvalue weighted by atomic mass is 16.5. The van der Waals surface area contributed by atoms with Crippen molar-refractivity contribution in [3.63, 3.8) is 0 Å². The molecule has 5 nitrogen and oxygen atoms in total. The molecule has 0 saturated carbocycles. The zero-order valence-electron chi connectivity index (χ0n) is 17.9. The van der Waals surface area contributed by atoms with E-state index in [0.29, 0.717) is 12.5 Å². The predicted molar refractivity (Wildman–Crippen MR) is 116 cm³/mol. The first-order valence-corrected chi connectivity index (χ1v) is 10.5. The molecule has 0 spiro atoms. The second-order valence-corrected chi connectivity index (χ2v) is 8.35. The summed E-state index contributed by atoms with van der Waals surface area (Å²) in [5.41, 5.74) is 5.21. The molecule has 2 aliphatic rings. The molecule has 2 fully saturated rings. The zero-order chi connectivity index (χ0) is 20.1. The molecule has 2 heterocycles. The lowest BCUT2D eigenvalue weighted by atomic mass is 9.93. The maximum Gasteiger partial charge on any atom is 0.236 e. The zero-order valence-corrected chi connectivity index (χ0v) is 17.9. The van der Waals surface area contributed by atoms with E-state index in [4.69, 9.17) is 4.74 Å². The van der Waals surface area contributed by atoms with Crippen LogP contribution >= 0.6 is 0 Å². The SMILES string of the molecule is Cc1cc(N(C)C)cc(C)c1/C=C/C1CCN(C(=O)CN2CCOCC2)CC1. The van der Waals surface area contributed by atoms with Crippen LogP contribution in [0.25, 0.3) is 6.08 Å². The quantitative estimate of drug-likeness (QED) is 0.781. The van der Waals surface area contributed by atoms with E-state index in [1.54, 1.807) is 0 Å². The third kappa shape index (κ3) is 5.36. The van der Waals surface area contributed by atoms with Gasteiger partial charge in [0.25, 0.3) is 0 Å². The van der Waals surface area contributed by atoms with Crippen LogP contribution in [0.2, 0.25) is 0 Å². The molecule has 0 bridgehead atoms. The predicted octanol–water partition coefficient (Wildman–Crippen LogP) is 2.95. The van der Waals surface area contributed by atoms with Gasteiger partial charge in [-0.25, -0.2) is 0 Å². The van der Waals surface area contributed by atoms with Crippen molar-refractivity contribution < 1.29 is 9.53 Å². The number of hydrogen-bond acceptors (Lipinski definition) is 4. The van der Waals surface area contributed by atoms with Gasteiger partial charge in [0, 0.05) is 46.0 Å². The first-order chi connectivity index (χ1) is 13.4. The van der Waals surface area contributed by atoms with Crippen molar-refractivity contribution >= 4 is 17.7 Å². The minimum Gasteiger partial charge on any atom is -0.379 e. The van der Waals surface area contributed by atoms with Gasteiger partial charge in [0.05, 0.1) is 19.8 Å². The highest BCUT2D eigenvalue weighted by Crippen LogP contribution is 2.25. The van der Waals surface area contributed by atoms with Crippen molar-refractivity contribution in [3.8, 4) is 0 Å². The first-order valence-electron chi connectivity index (χ1n) is 10.5. The summed E-state index contributed by atoms with van der Waals surface area (Å²) in [5.74, 6) is 0.829. The normalized spacial score (nSPS) is 19.4. The Morgan fingerprint density at radius 3 is 2.29 bits per heavy atom. The number of aryl methyl sites for hydroxylation is 2. The number of morpholine rings is 1. The lowest BCUT2D eigenvalue weighted by Crippen LogP contribution is -2.46. The Hall–Kier alpha value is -1.85. The monoisotopic (exact) mass is 385 g/mol. The van der Waals surface area contributed by atoms with Crippen molar-refractivity contribution in [1.82, 2.24) is 9.80 Å². The van der Waals surface area contributed by atoms with Crippen LogP contribution in [0.4, 0.5) is 5.69 Å². The molecule has 0 radical (unpaired) electrons. The molecular formula is C23H35N3O2. The highest BCUT2D eigenvalue weighted by Gasteiger charge is 2.23. The second kappa shape index (κ2) is 9.57. The fourth-order valence-corrected chi connectivity index (χ4v) is 4.10. The smallest absolute Gasteiger partial charge is 0.236 e. The van der Waals surface area contributed by atoms with Crippen molar-refractivity contribution in [1.29, 1.82) is 0 Å². The first kappa shape index (κ1) is 20.9. The van der Waals surface area contributed by atoms with E-state index in [9.17, 15) is 4.79 Å². The number of ether oxygens (including phenoxy) is 1. The number of anilines is 1. The van der Waals surface area contributed by atoms with E-state index < -0.39 is 0 Å². The number of amides is 1. The third-order valence-electron chi connectivity index (χ3n) is 5.98. The minimum absolute atomic E-state index is 0.273. The van der Waals surface area contributed by atoms with Crippen molar-refractivity contribution in [2.75, 3.05) is 64.9 Å². The number of allylic oxidation sites excluding steroid dienone is 1. The van der Waals surface area contributed by atoms with Crippen molar-refractivity contribution in [2.24, 2.45) is 5.92 Å². The molecule has 1 amide bonds. The Balaban J connectivity index is 1.52. The Morgan fingerprint density at radius 1 is 1.11 bits per heavy atom. The van der Waals surface area contributed by atoms with Gasteiger partial charge >= 0.3 is 0 Å². The van der Waals surface area contributed by atoms with Gasteiger partial charge in [-0.3, -0.25) is 9.69 Å². The van der Waals surface area contributed by atoms with Crippen LogP contribution in [-0.2, 0) is 9.53 Å². The minimum atomic E-state index is 0.273. The fraction of sp³-hybridized carbons (Fsp3) is 0.609. The van der Waals surface area contributed by atoms with E-state index in [1.165, 1.54) is 22.4 Å². The number of carbonyl (C=O) groups is 1. The van der Waals surface area contributed by atoms with Gasteiger partial charge in [-0.2, -0.15) is 0 Å². The van der Waals surface area contributed by atoms with Gasteiger partial charge in [-0.05, 0) is 61.4 Å². The molecule has 5 heteroatoms. The van der Waals surface area contributed by atoms with Gasteiger partial charge in [-0.1, -0.05) is 12.2 Å². The van der Waals surface area contributed by atoms with Crippen LogP contribution in [0.3, 0.4) is 0 Å². The number of rotatable bonds is 5. The summed E-state index contributed by atoms with van der Waals surface area (Å²) in [6.45, 7) is 9.89. The van der Waals surface area contributed by atoms with Crippen molar-refractivity contribution in [3.05, 3.63) is 34.9 Å². The third-order valence-corrected chi connectivity index (χ3v) is 5.98. The number of carbonyl (C=O) groups excluding carboxylic acids is 1. The Bertz CT molecular complexity index is 677. The number of benzene rings is 1. The van der Waals surface area contributed by atoms with Gasteiger partial charge < -0.3 is 14.5 Å². The molecule has 0 N–H and O–H groups in total. The largest absolute Gasteiger partial charge is 0.379 e. The van der Waals surface area contributed by atoms with Crippen LogP contribution in [0.5, 0.6) is 0 Å². The second-order valence-electron chi connectivity index (χ2n) is 8.35. The summed E-state index contributed by atoms with van der Waals surface area (Å²) >= 11 is 0. The van der Waals surface area contributed by atoms with Gasteiger partial charge in [-0.15, -0.1) is 0 Å². The summed E-state index contributed by atoms with van der Waals surface area (Å²) in [4.78, 5) is 19.0. The molecule has 154 valence electrons. The summed E-state index contributed by atoms with van der Waals surface area (Å²) in [6, 6.07) is 4.50. The Labute approximate surface area is 169 Å². The van der Waals surface area contributed by atoms with E-state index in [-0.39, 0.29) is 5.91 Å². The summed E-state index contributed by atoms with van der Waals surface area (Å²) in [5, 5.41) is 0. The molecule has 0 aliphatic carbocycles. The highest BCUT2D eigenvalue weighted by molar-refractivity contribution is 5.78.